The maximum Gasteiger partial charge on any atom is 0.166 e. The second kappa shape index (κ2) is 8.26. The van der Waals surface area contributed by atoms with Gasteiger partial charge >= 0.3 is 0 Å². The number of nitrogens with one attached hydrogen (secondary N) is 1. The lowest BCUT2D eigenvalue weighted by molar-refractivity contribution is 0.475. The molecule has 5 aromatic rings. The molecule has 0 fully saturated rings. The Morgan fingerprint density at radius 2 is 1.81 bits per heavy atom. The van der Waals surface area contributed by atoms with Crippen LogP contribution < -0.4 is 5.32 Å². The minimum Gasteiger partial charge on any atom is -0.508 e. The third-order valence-corrected chi connectivity index (χ3v) is 5.53. The Morgan fingerprint density at radius 1 is 1.00 bits per heavy atom. The number of nitrogens with zero attached hydrogens (tertiary/aromatic N) is 5. The molecular formula is C25H24N6O. The number of aromatic nitrogens is 5. The van der Waals surface area contributed by atoms with Crippen LogP contribution in [-0.4, -0.2) is 36.2 Å². The van der Waals surface area contributed by atoms with Crippen LogP contribution in [0.3, 0.4) is 0 Å². The van der Waals surface area contributed by atoms with Crippen LogP contribution in [0.4, 0.5) is 5.82 Å². The Kier molecular flexibility index (Phi) is 5.15. The summed E-state index contributed by atoms with van der Waals surface area (Å²) in [6, 6.07) is 15.6. The third-order valence-electron chi connectivity index (χ3n) is 5.53. The topological polar surface area (TPSA) is 88.8 Å². The van der Waals surface area contributed by atoms with Gasteiger partial charge in [0, 0.05) is 35.9 Å². The van der Waals surface area contributed by atoms with E-state index in [4.69, 9.17) is 9.97 Å². The van der Waals surface area contributed by atoms with Gasteiger partial charge in [0.25, 0.3) is 0 Å². The highest BCUT2D eigenvalue weighted by Crippen LogP contribution is 2.29. The molecule has 0 unspecified atom stereocenters. The van der Waals surface area contributed by atoms with E-state index in [9.17, 15) is 5.11 Å². The molecule has 7 nitrogen and oxygen atoms in total. The lowest BCUT2D eigenvalue weighted by atomic mass is 10.1. The van der Waals surface area contributed by atoms with Crippen LogP contribution in [0.2, 0.25) is 0 Å². The number of aromatic hydroxyl groups is 1. The number of benzene rings is 2. The van der Waals surface area contributed by atoms with E-state index in [1.807, 2.05) is 49.1 Å². The number of rotatable bonds is 6. The van der Waals surface area contributed by atoms with Gasteiger partial charge in [-0.25, -0.2) is 15.0 Å². The van der Waals surface area contributed by atoms with E-state index in [1.54, 1.807) is 12.1 Å². The highest BCUT2D eigenvalue weighted by molar-refractivity contribution is 5.95. The Labute approximate surface area is 185 Å². The van der Waals surface area contributed by atoms with Crippen molar-refractivity contribution in [2.24, 2.45) is 0 Å². The summed E-state index contributed by atoms with van der Waals surface area (Å²) in [5.74, 6) is 1.60. The number of anilines is 1. The summed E-state index contributed by atoms with van der Waals surface area (Å²) in [5.41, 5.74) is 3.57. The zero-order chi connectivity index (χ0) is 22.1. The molecule has 0 aliphatic carbocycles. The van der Waals surface area contributed by atoms with E-state index in [1.165, 1.54) is 0 Å². The van der Waals surface area contributed by atoms with Crippen LogP contribution in [0.25, 0.3) is 33.3 Å². The number of phenolic OH excluding ortho intramolecular Hbond substituents is 1. The quantitative estimate of drug-likeness (QED) is 0.400. The first-order valence-electron chi connectivity index (χ1n) is 10.7. The molecule has 0 saturated heterocycles. The van der Waals surface area contributed by atoms with Crippen LogP contribution in [0.15, 0.2) is 67.3 Å². The second-order valence-corrected chi connectivity index (χ2v) is 8.07. The molecular weight excluding hydrogens is 400 g/mol. The van der Waals surface area contributed by atoms with E-state index in [0.29, 0.717) is 18.2 Å². The molecule has 3 heterocycles. The van der Waals surface area contributed by atoms with Crippen LogP contribution in [0.5, 0.6) is 5.75 Å². The van der Waals surface area contributed by atoms with Crippen molar-refractivity contribution in [3.05, 3.63) is 72.8 Å². The molecule has 0 saturated carbocycles. The highest BCUT2D eigenvalue weighted by atomic mass is 16.3. The fourth-order valence-corrected chi connectivity index (χ4v) is 3.82. The van der Waals surface area contributed by atoms with Crippen molar-refractivity contribution >= 4 is 27.8 Å². The molecule has 0 atom stereocenters. The summed E-state index contributed by atoms with van der Waals surface area (Å²) in [7, 11) is 0. The van der Waals surface area contributed by atoms with Gasteiger partial charge in [0.2, 0.25) is 0 Å². The van der Waals surface area contributed by atoms with Gasteiger partial charge < -0.3 is 15.0 Å². The normalized spacial score (nSPS) is 11.5. The lowest BCUT2D eigenvalue weighted by Gasteiger charge is -2.12. The van der Waals surface area contributed by atoms with E-state index in [2.05, 4.69) is 39.8 Å². The lowest BCUT2D eigenvalue weighted by Crippen LogP contribution is -2.09. The van der Waals surface area contributed by atoms with Crippen LogP contribution >= 0.6 is 0 Å². The van der Waals surface area contributed by atoms with Crippen molar-refractivity contribution < 1.29 is 5.11 Å². The van der Waals surface area contributed by atoms with E-state index in [0.717, 1.165) is 39.5 Å². The zero-order valence-corrected chi connectivity index (χ0v) is 18.0. The second-order valence-electron chi connectivity index (χ2n) is 8.07. The van der Waals surface area contributed by atoms with E-state index < -0.39 is 0 Å². The van der Waals surface area contributed by atoms with Crippen molar-refractivity contribution in [1.82, 2.24) is 24.5 Å². The SMILES string of the molecule is CC(C)n1cnc2c(NCCc3ccc(O)cc3)nc(-c3cncc4ccccc34)nc21. The average molecular weight is 425 g/mol. The molecule has 0 bridgehead atoms. The maximum absolute atomic E-state index is 9.49. The van der Waals surface area contributed by atoms with Gasteiger partial charge in [0.05, 0.1) is 6.33 Å². The Bertz CT molecular complexity index is 1390. The monoisotopic (exact) mass is 424 g/mol. The maximum atomic E-state index is 9.49. The average Bonchev–Trinajstić information content (AvgIpc) is 3.24. The van der Waals surface area contributed by atoms with Crippen LogP contribution in [0, 0.1) is 0 Å². The molecule has 0 aliphatic rings. The predicted molar refractivity (Wildman–Crippen MR) is 127 cm³/mol. The molecule has 7 heteroatoms. The zero-order valence-electron chi connectivity index (χ0n) is 18.0. The fraction of sp³-hybridized carbons (Fsp3) is 0.200. The number of hydrogen-bond acceptors (Lipinski definition) is 6. The minimum absolute atomic E-state index is 0.221. The first kappa shape index (κ1) is 19.9. The number of hydrogen-bond donors (Lipinski definition) is 2. The molecule has 0 aliphatic heterocycles. The van der Waals surface area contributed by atoms with Crippen LogP contribution in [-0.2, 0) is 6.42 Å². The summed E-state index contributed by atoms with van der Waals surface area (Å²) < 4.78 is 2.06. The highest BCUT2D eigenvalue weighted by Gasteiger charge is 2.17. The first-order valence-corrected chi connectivity index (χ1v) is 10.7. The summed E-state index contributed by atoms with van der Waals surface area (Å²) >= 11 is 0. The number of imidazole rings is 1. The first-order chi connectivity index (χ1) is 15.6. The summed E-state index contributed by atoms with van der Waals surface area (Å²) in [6.45, 7) is 4.90. The molecule has 2 aromatic carbocycles. The van der Waals surface area contributed by atoms with Crippen LogP contribution in [0.1, 0.15) is 25.5 Å². The van der Waals surface area contributed by atoms with Gasteiger partial charge in [-0.2, -0.15) is 0 Å². The van der Waals surface area contributed by atoms with Gasteiger partial charge in [-0.05, 0) is 43.4 Å². The molecule has 0 radical (unpaired) electrons. The molecule has 160 valence electrons. The fourth-order valence-electron chi connectivity index (χ4n) is 3.82. The molecule has 5 rings (SSSR count). The molecule has 32 heavy (non-hydrogen) atoms. The van der Waals surface area contributed by atoms with Crippen molar-refractivity contribution in [3.8, 4) is 17.1 Å². The van der Waals surface area contributed by atoms with Gasteiger partial charge in [0.15, 0.2) is 17.3 Å². The standard InChI is InChI=1S/C25H24N6O/c1-16(2)31-15-28-22-24(27-12-11-17-7-9-19(32)10-8-17)29-23(30-25(22)31)21-14-26-13-18-5-3-4-6-20(18)21/h3-10,13-16,32H,11-12H2,1-2H3,(H,27,29,30). The number of phenols is 1. The molecule has 0 spiro atoms. The largest absolute Gasteiger partial charge is 0.508 e. The Hall–Kier alpha value is -4.00. The molecule has 3 aromatic heterocycles. The minimum atomic E-state index is 0.221. The van der Waals surface area contributed by atoms with Gasteiger partial charge in [-0.1, -0.05) is 36.4 Å². The Morgan fingerprint density at radius 3 is 2.62 bits per heavy atom. The van der Waals surface area contributed by atoms with Crippen molar-refractivity contribution in [3.63, 3.8) is 0 Å². The predicted octanol–water partition coefficient (Wildman–Crippen LogP) is 4.98. The smallest absolute Gasteiger partial charge is 0.166 e. The summed E-state index contributed by atoms with van der Waals surface area (Å²) in [5, 5.41) is 15.1. The number of fused-ring (bicyclic) bond motifs is 2. The van der Waals surface area contributed by atoms with Crippen molar-refractivity contribution in [2.45, 2.75) is 26.3 Å². The summed E-state index contributed by atoms with van der Waals surface area (Å²) in [6.07, 6.45) is 6.29. The van der Waals surface area contributed by atoms with Gasteiger partial charge in [-0.3, -0.25) is 4.98 Å². The number of pyridine rings is 1. The molecule has 2 N–H and O–H groups in total. The van der Waals surface area contributed by atoms with Crippen molar-refractivity contribution in [1.29, 1.82) is 0 Å². The summed E-state index contributed by atoms with van der Waals surface area (Å²) in [4.78, 5) is 18.8. The van der Waals surface area contributed by atoms with Crippen molar-refractivity contribution in [2.75, 3.05) is 11.9 Å². The van der Waals surface area contributed by atoms with Gasteiger partial charge in [0.1, 0.15) is 11.3 Å². The van der Waals surface area contributed by atoms with E-state index in [-0.39, 0.29) is 11.8 Å². The van der Waals surface area contributed by atoms with Gasteiger partial charge in [-0.15, -0.1) is 0 Å². The Balaban J connectivity index is 1.56. The molecule has 0 amide bonds. The third kappa shape index (κ3) is 3.73. The van der Waals surface area contributed by atoms with E-state index >= 15 is 0 Å².